The van der Waals surface area contributed by atoms with E-state index in [1.807, 2.05) is 30.5 Å². The van der Waals surface area contributed by atoms with Gasteiger partial charge >= 0.3 is 6.18 Å². The smallest absolute Gasteiger partial charge is 0.422 e. The molecule has 0 aliphatic rings. The van der Waals surface area contributed by atoms with Gasteiger partial charge in [-0.25, -0.2) is 8.78 Å². The third-order valence-electron chi connectivity index (χ3n) is 6.29. The fourth-order valence-electron chi connectivity index (χ4n) is 4.27. The van der Waals surface area contributed by atoms with Gasteiger partial charge in [0.05, 0.1) is 5.69 Å². The Kier molecular flexibility index (Phi) is 8.41. The van der Waals surface area contributed by atoms with E-state index in [9.17, 15) is 17.6 Å². The summed E-state index contributed by atoms with van der Waals surface area (Å²) < 4.78 is 70.8. The van der Waals surface area contributed by atoms with E-state index in [4.69, 9.17) is 0 Å². The molecule has 1 aromatic heterocycles. The van der Waals surface area contributed by atoms with Gasteiger partial charge in [-0.15, -0.1) is 0 Å². The van der Waals surface area contributed by atoms with Gasteiger partial charge in [-0.05, 0) is 72.0 Å². The topological polar surface area (TPSA) is 22.1 Å². The highest BCUT2D eigenvalue weighted by Crippen LogP contribution is 2.28. The molecule has 0 atom stereocenters. The van der Waals surface area contributed by atoms with Crippen molar-refractivity contribution in [3.8, 4) is 17.0 Å². The maximum atomic E-state index is 15.2. The predicted molar refractivity (Wildman–Crippen MR) is 136 cm³/mol. The third kappa shape index (κ3) is 7.06. The standard InChI is InChI=1S/C30H28F5NO/c1-2-3-4-5-21-7-14-27(36-18-21)24-12-13-25-23(17-24)11-10-22(29(25)32)9-6-20-8-15-28(26(31)16-20)37-19-30(33,34)35/h7-8,10-18H,2-6,9,19H2,1H3. The van der Waals surface area contributed by atoms with Gasteiger partial charge < -0.3 is 4.74 Å². The van der Waals surface area contributed by atoms with Gasteiger partial charge in [0.25, 0.3) is 0 Å². The summed E-state index contributed by atoms with van der Waals surface area (Å²) in [5.41, 5.74) is 3.96. The number of aromatic nitrogens is 1. The van der Waals surface area contributed by atoms with Crippen LogP contribution in [0.4, 0.5) is 22.0 Å². The minimum Gasteiger partial charge on any atom is -0.481 e. The van der Waals surface area contributed by atoms with Gasteiger partial charge in [-0.3, -0.25) is 4.98 Å². The van der Waals surface area contributed by atoms with Crippen molar-refractivity contribution in [1.82, 2.24) is 4.98 Å². The molecule has 0 saturated heterocycles. The number of unbranched alkanes of at least 4 members (excludes halogenated alkanes) is 2. The summed E-state index contributed by atoms with van der Waals surface area (Å²) in [5.74, 6) is -1.68. The lowest BCUT2D eigenvalue weighted by Gasteiger charge is -2.11. The van der Waals surface area contributed by atoms with Crippen LogP contribution in [0.5, 0.6) is 5.75 Å². The Morgan fingerprint density at radius 1 is 0.811 bits per heavy atom. The summed E-state index contributed by atoms with van der Waals surface area (Å²) >= 11 is 0. The Bertz CT molecular complexity index is 1350. The van der Waals surface area contributed by atoms with Crippen LogP contribution in [0.15, 0.2) is 66.9 Å². The number of halogens is 5. The maximum absolute atomic E-state index is 15.2. The first-order valence-electron chi connectivity index (χ1n) is 12.4. The maximum Gasteiger partial charge on any atom is 0.422 e. The average Bonchev–Trinajstić information content (AvgIpc) is 2.87. The van der Waals surface area contributed by atoms with Gasteiger partial charge in [0.2, 0.25) is 0 Å². The van der Waals surface area contributed by atoms with E-state index in [0.717, 1.165) is 35.6 Å². The van der Waals surface area contributed by atoms with Crippen LogP contribution in [0.3, 0.4) is 0 Å². The normalized spacial score (nSPS) is 11.7. The van der Waals surface area contributed by atoms with E-state index in [-0.39, 0.29) is 5.82 Å². The number of aryl methyl sites for hydroxylation is 3. The lowest BCUT2D eigenvalue weighted by atomic mass is 9.98. The van der Waals surface area contributed by atoms with Crippen molar-refractivity contribution in [3.63, 3.8) is 0 Å². The van der Waals surface area contributed by atoms with E-state index in [2.05, 4.69) is 22.7 Å². The first-order valence-corrected chi connectivity index (χ1v) is 12.4. The molecule has 0 spiro atoms. The Labute approximate surface area is 213 Å². The van der Waals surface area contributed by atoms with Crippen LogP contribution in [0.1, 0.15) is 42.9 Å². The number of rotatable bonds is 10. The van der Waals surface area contributed by atoms with E-state index in [1.165, 1.54) is 30.5 Å². The van der Waals surface area contributed by atoms with Crippen molar-refractivity contribution < 1.29 is 26.7 Å². The number of nitrogens with zero attached hydrogens (tertiary/aromatic N) is 1. The largest absolute Gasteiger partial charge is 0.481 e. The van der Waals surface area contributed by atoms with Gasteiger partial charge in [0, 0.05) is 17.1 Å². The SMILES string of the molecule is CCCCCc1ccc(-c2ccc3c(F)c(CCc4ccc(OCC(F)(F)F)c(F)c4)ccc3c2)nc1. The Morgan fingerprint density at radius 3 is 2.32 bits per heavy atom. The molecule has 0 aliphatic heterocycles. The second-order valence-corrected chi connectivity index (χ2v) is 9.15. The zero-order valence-corrected chi connectivity index (χ0v) is 20.5. The van der Waals surface area contributed by atoms with Crippen molar-refractivity contribution in [1.29, 1.82) is 0 Å². The number of benzene rings is 3. The molecular formula is C30H28F5NO. The molecule has 194 valence electrons. The molecule has 7 heteroatoms. The highest BCUT2D eigenvalue weighted by atomic mass is 19.4. The average molecular weight is 514 g/mol. The Balaban J connectivity index is 1.44. The highest BCUT2D eigenvalue weighted by molar-refractivity contribution is 5.88. The van der Waals surface area contributed by atoms with E-state index in [0.29, 0.717) is 29.4 Å². The molecule has 1 heterocycles. The predicted octanol–water partition coefficient (Wildman–Crippen LogP) is 8.64. The minimum atomic E-state index is -4.55. The molecule has 0 saturated carbocycles. The third-order valence-corrected chi connectivity index (χ3v) is 6.29. The van der Waals surface area contributed by atoms with Crippen LogP contribution in [-0.4, -0.2) is 17.8 Å². The molecule has 0 radical (unpaired) electrons. The monoisotopic (exact) mass is 513 g/mol. The Hall–Kier alpha value is -3.48. The first-order chi connectivity index (χ1) is 17.7. The molecule has 0 unspecified atom stereocenters. The summed E-state index contributed by atoms with van der Waals surface area (Å²) in [7, 11) is 0. The van der Waals surface area contributed by atoms with Crippen molar-refractivity contribution in [2.75, 3.05) is 6.61 Å². The molecular weight excluding hydrogens is 485 g/mol. The molecule has 4 rings (SSSR count). The van der Waals surface area contributed by atoms with Gasteiger partial charge in [0.1, 0.15) is 5.82 Å². The zero-order valence-electron chi connectivity index (χ0n) is 20.5. The summed E-state index contributed by atoms with van der Waals surface area (Å²) in [5, 5.41) is 1.24. The van der Waals surface area contributed by atoms with E-state index < -0.39 is 24.3 Å². The number of hydrogen-bond donors (Lipinski definition) is 0. The van der Waals surface area contributed by atoms with E-state index >= 15 is 4.39 Å². The summed E-state index contributed by atoms with van der Waals surface area (Å²) in [6.07, 6.45) is 2.52. The molecule has 37 heavy (non-hydrogen) atoms. The Morgan fingerprint density at radius 2 is 1.62 bits per heavy atom. The lowest BCUT2D eigenvalue weighted by molar-refractivity contribution is -0.153. The van der Waals surface area contributed by atoms with Crippen LogP contribution in [-0.2, 0) is 19.3 Å². The van der Waals surface area contributed by atoms with E-state index in [1.54, 1.807) is 12.1 Å². The number of alkyl halides is 3. The van der Waals surface area contributed by atoms with Crippen molar-refractivity contribution in [2.45, 2.75) is 51.6 Å². The van der Waals surface area contributed by atoms with Crippen LogP contribution >= 0.6 is 0 Å². The second kappa shape index (κ2) is 11.7. The quantitative estimate of drug-likeness (QED) is 0.156. The number of fused-ring (bicyclic) bond motifs is 1. The minimum absolute atomic E-state index is 0.312. The van der Waals surface area contributed by atoms with Gasteiger partial charge in [-0.2, -0.15) is 13.2 Å². The fourth-order valence-corrected chi connectivity index (χ4v) is 4.27. The second-order valence-electron chi connectivity index (χ2n) is 9.15. The molecule has 0 amide bonds. The highest BCUT2D eigenvalue weighted by Gasteiger charge is 2.29. The van der Waals surface area contributed by atoms with Crippen LogP contribution < -0.4 is 4.74 Å². The molecule has 3 aromatic carbocycles. The number of pyridine rings is 1. The molecule has 0 fully saturated rings. The van der Waals surface area contributed by atoms with Crippen LogP contribution in [0.2, 0.25) is 0 Å². The fraction of sp³-hybridized carbons (Fsp3) is 0.300. The van der Waals surface area contributed by atoms with Crippen LogP contribution in [0.25, 0.3) is 22.0 Å². The molecule has 4 aromatic rings. The zero-order chi connectivity index (χ0) is 26.4. The molecule has 0 N–H and O–H groups in total. The molecule has 0 bridgehead atoms. The molecule has 0 aliphatic carbocycles. The summed E-state index contributed by atoms with van der Waals surface area (Å²) in [4.78, 5) is 4.59. The number of hydrogen-bond acceptors (Lipinski definition) is 2. The summed E-state index contributed by atoms with van der Waals surface area (Å²) in [6.45, 7) is 0.615. The number of ether oxygens (including phenoxy) is 1. The van der Waals surface area contributed by atoms with Crippen molar-refractivity contribution in [2.24, 2.45) is 0 Å². The molecule has 2 nitrogen and oxygen atoms in total. The van der Waals surface area contributed by atoms with Crippen molar-refractivity contribution in [3.05, 3.63) is 95.2 Å². The van der Waals surface area contributed by atoms with Crippen LogP contribution in [0, 0.1) is 11.6 Å². The summed E-state index contributed by atoms with van der Waals surface area (Å²) in [6, 6.07) is 16.9. The van der Waals surface area contributed by atoms with Crippen molar-refractivity contribution >= 4 is 10.8 Å². The lowest BCUT2D eigenvalue weighted by Crippen LogP contribution is -2.19. The van der Waals surface area contributed by atoms with Gasteiger partial charge in [0.15, 0.2) is 18.2 Å². The first kappa shape index (κ1) is 26.6. The van der Waals surface area contributed by atoms with Gasteiger partial charge in [-0.1, -0.05) is 56.2 Å².